The number of fused-ring (bicyclic) bond motifs is 1. The molecular formula is C16H19N3O2. The summed E-state index contributed by atoms with van der Waals surface area (Å²) in [5.41, 5.74) is 6.70. The molecule has 0 spiro atoms. The van der Waals surface area contributed by atoms with Crippen molar-refractivity contribution in [3.05, 3.63) is 42.1 Å². The van der Waals surface area contributed by atoms with Crippen LogP contribution in [0.4, 0.5) is 0 Å². The number of hydrogen-bond acceptors (Lipinski definition) is 4. The second-order valence-electron chi connectivity index (χ2n) is 5.65. The Morgan fingerprint density at radius 3 is 3.05 bits per heavy atom. The van der Waals surface area contributed by atoms with Gasteiger partial charge in [0.15, 0.2) is 5.60 Å². The lowest BCUT2D eigenvalue weighted by atomic mass is 10.0. The number of nitrogens with two attached hydrogens (primary N) is 1. The smallest absolute Gasteiger partial charge is 0.250 e. The number of morpholine rings is 1. The van der Waals surface area contributed by atoms with E-state index in [0.29, 0.717) is 13.2 Å². The van der Waals surface area contributed by atoms with Gasteiger partial charge in [0.2, 0.25) is 0 Å². The highest BCUT2D eigenvalue weighted by atomic mass is 16.5. The van der Waals surface area contributed by atoms with Gasteiger partial charge >= 0.3 is 0 Å². The molecule has 0 radical (unpaired) electrons. The normalized spacial score (nSPS) is 23.3. The second kappa shape index (κ2) is 5.42. The predicted octanol–water partition coefficient (Wildman–Crippen LogP) is 1.31. The van der Waals surface area contributed by atoms with Gasteiger partial charge in [0.25, 0.3) is 5.91 Å². The number of benzene rings is 1. The molecule has 2 aromatic rings. The summed E-state index contributed by atoms with van der Waals surface area (Å²) < 4.78 is 5.55. The predicted molar refractivity (Wildman–Crippen MR) is 80.6 cm³/mol. The fraction of sp³-hybridized carbons (Fsp3) is 0.375. The summed E-state index contributed by atoms with van der Waals surface area (Å²) in [5.74, 6) is -0.414. The largest absolute Gasteiger partial charge is 0.367 e. The molecule has 1 aromatic heterocycles. The van der Waals surface area contributed by atoms with Crippen molar-refractivity contribution in [3.8, 4) is 0 Å². The molecule has 0 saturated carbocycles. The van der Waals surface area contributed by atoms with E-state index in [1.54, 1.807) is 13.1 Å². The third kappa shape index (κ3) is 2.75. The molecule has 1 saturated heterocycles. The van der Waals surface area contributed by atoms with Crippen LogP contribution >= 0.6 is 0 Å². The second-order valence-corrected chi connectivity index (χ2v) is 5.65. The number of amides is 1. The minimum Gasteiger partial charge on any atom is -0.367 e. The third-order valence-electron chi connectivity index (χ3n) is 3.98. The lowest BCUT2D eigenvalue weighted by Crippen LogP contribution is -2.56. The molecule has 1 aliphatic heterocycles. The van der Waals surface area contributed by atoms with Gasteiger partial charge in [-0.2, -0.15) is 0 Å². The minimum atomic E-state index is -0.906. The van der Waals surface area contributed by atoms with E-state index >= 15 is 0 Å². The summed E-state index contributed by atoms with van der Waals surface area (Å²) >= 11 is 0. The SMILES string of the molecule is CC1(C(N)=O)CN(Cc2cccc3cccnc23)CCO1. The first-order valence-electron chi connectivity index (χ1n) is 7.07. The van der Waals surface area contributed by atoms with E-state index in [-0.39, 0.29) is 0 Å². The third-order valence-corrected chi connectivity index (χ3v) is 3.98. The van der Waals surface area contributed by atoms with Gasteiger partial charge in [-0.05, 0) is 18.6 Å². The Morgan fingerprint density at radius 2 is 2.24 bits per heavy atom. The highest BCUT2D eigenvalue weighted by Crippen LogP contribution is 2.22. The van der Waals surface area contributed by atoms with Crippen molar-refractivity contribution >= 4 is 16.8 Å². The first kappa shape index (κ1) is 14.0. The van der Waals surface area contributed by atoms with Gasteiger partial charge in [-0.15, -0.1) is 0 Å². The summed E-state index contributed by atoms with van der Waals surface area (Å²) in [6, 6.07) is 10.2. The maximum absolute atomic E-state index is 11.5. The van der Waals surface area contributed by atoms with E-state index in [0.717, 1.165) is 29.6 Å². The van der Waals surface area contributed by atoms with Crippen molar-refractivity contribution in [3.63, 3.8) is 0 Å². The summed E-state index contributed by atoms with van der Waals surface area (Å²) in [6.07, 6.45) is 1.80. The topological polar surface area (TPSA) is 68.5 Å². The van der Waals surface area contributed by atoms with Gasteiger partial charge in [0.05, 0.1) is 12.1 Å². The zero-order chi connectivity index (χ0) is 14.9. The van der Waals surface area contributed by atoms with Crippen LogP contribution < -0.4 is 5.73 Å². The number of carbonyl (C=O) groups is 1. The van der Waals surface area contributed by atoms with Crippen LogP contribution in [0.5, 0.6) is 0 Å². The van der Waals surface area contributed by atoms with Crippen LogP contribution in [0.25, 0.3) is 10.9 Å². The molecule has 1 atom stereocenters. The average Bonchev–Trinajstić information content (AvgIpc) is 2.48. The standard InChI is InChI=1S/C16H19N3O2/c1-16(15(17)20)11-19(8-9-21-16)10-13-5-2-4-12-6-3-7-18-14(12)13/h2-7H,8-11H2,1H3,(H2,17,20). The zero-order valence-corrected chi connectivity index (χ0v) is 12.1. The molecular weight excluding hydrogens is 266 g/mol. The Bertz CT molecular complexity index is 668. The first-order valence-corrected chi connectivity index (χ1v) is 7.07. The van der Waals surface area contributed by atoms with Crippen LogP contribution in [0.1, 0.15) is 12.5 Å². The summed E-state index contributed by atoms with van der Waals surface area (Å²) in [5, 5.41) is 1.13. The highest BCUT2D eigenvalue weighted by molar-refractivity contribution is 5.83. The maximum Gasteiger partial charge on any atom is 0.250 e. The molecule has 0 bridgehead atoms. The van der Waals surface area contributed by atoms with Gasteiger partial charge in [-0.25, -0.2) is 0 Å². The fourth-order valence-electron chi connectivity index (χ4n) is 2.77. The van der Waals surface area contributed by atoms with Crippen molar-refractivity contribution in [2.24, 2.45) is 5.73 Å². The lowest BCUT2D eigenvalue weighted by molar-refractivity contribution is -0.153. The average molecular weight is 285 g/mol. The van der Waals surface area contributed by atoms with Gasteiger partial charge in [-0.1, -0.05) is 24.3 Å². The van der Waals surface area contributed by atoms with Crippen LogP contribution in [0.15, 0.2) is 36.5 Å². The van der Waals surface area contributed by atoms with Gasteiger partial charge in [0.1, 0.15) is 0 Å². The molecule has 1 fully saturated rings. The number of primary amides is 1. The van der Waals surface area contributed by atoms with Gasteiger partial charge in [0, 0.05) is 31.2 Å². The number of aromatic nitrogens is 1. The van der Waals surface area contributed by atoms with Crippen molar-refractivity contribution < 1.29 is 9.53 Å². The molecule has 1 unspecified atom stereocenters. The Balaban J connectivity index is 1.84. The quantitative estimate of drug-likeness (QED) is 0.923. The van der Waals surface area contributed by atoms with E-state index in [1.165, 1.54) is 0 Å². The molecule has 1 amide bonds. The van der Waals surface area contributed by atoms with Crippen LogP contribution in [0.2, 0.25) is 0 Å². The number of carbonyl (C=O) groups excluding carboxylic acids is 1. The molecule has 21 heavy (non-hydrogen) atoms. The lowest BCUT2D eigenvalue weighted by Gasteiger charge is -2.38. The number of para-hydroxylation sites is 1. The summed E-state index contributed by atoms with van der Waals surface area (Å²) in [7, 11) is 0. The molecule has 2 heterocycles. The Kier molecular flexibility index (Phi) is 3.61. The minimum absolute atomic E-state index is 0.414. The van der Waals surface area contributed by atoms with Crippen LogP contribution in [0.3, 0.4) is 0 Å². The Morgan fingerprint density at radius 1 is 1.43 bits per heavy atom. The van der Waals surface area contributed by atoms with E-state index in [2.05, 4.69) is 28.1 Å². The molecule has 110 valence electrons. The fourth-order valence-corrected chi connectivity index (χ4v) is 2.77. The molecule has 0 aliphatic carbocycles. The van der Waals surface area contributed by atoms with Crippen molar-refractivity contribution in [2.45, 2.75) is 19.1 Å². The number of hydrogen-bond donors (Lipinski definition) is 1. The Hall–Kier alpha value is -1.98. The van der Waals surface area contributed by atoms with E-state index < -0.39 is 11.5 Å². The van der Waals surface area contributed by atoms with Crippen LogP contribution in [-0.2, 0) is 16.1 Å². The summed E-state index contributed by atoms with van der Waals surface area (Å²) in [4.78, 5) is 18.2. The van der Waals surface area contributed by atoms with E-state index in [4.69, 9.17) is 10.5 Å². The Labute approximate surface area is 123 Å². The van der Waals surface area contributed by atoms with Crippen LogP contribution in [0, 0.1) is 0 Å². The summed E-state index contributed by atoms with van der Waals surface area (Å²) in [6.45, 7) is 4.29. The van der Waals surface area contributed by atoms with E-state index in [9.17, 15) is 4.79 Å². The number of pyridine rings is 1. The molecule has 3 rings (SSSR count). The van der Waals surface area contributed by atoms with Crippen molar-refractivity contribution in [2.75, 3.05) is 19.7 Å². The monoisotopic (exact) mass is 285 g/mol. The van der Waals surface area contributed by atoms with E-state index in [1.807, 2.05) is 12.1 Å². The first-order chi connectivity index (χ1) is 10.1. The van der Waals surface area contributed by atoms with Crippen molar-refractivity contribution in [1.29, 1.82) is 0 Å². The van der Waals surface area contributed by atoms with Gasteiger partial charge < -0.3 is 10.5 Å². The number of rotatable bonds is 3. The van der Waals surface area contributed by atoms with Crippen molar-refractivity contribution in [1.82, 2.24) is 9.88 Å². The number of ether oxygens (including phenoxy) is 1. The molecule has 1 aromatic carbocycles. The molecule has 1 aliphatic rings. The van der Waals surface area contributed by atoms with Crippen LogP contribution in [-0.4, -0.2) is 41.1 Å². The molecule has 5 nitrogen and oxygen atoms in total. The van der Waals surface area contributed by atoms with Gasteiger partial charge in [-0.3, -0.25) is 14.7 Å². The number of nitrogens with zero attached hydrogens (tertiary/aromatic N) is 2. The molecule has 2 N–H and O–H groups in total. The highest BCUT2D eigenvalue weighted by Gasteiger charge is 2.37. The molecule has 5 heteroatoms. The maximum atomic E-state index is 11.5. The zero-order valence-electron chi connectivity index (χ0n) is 12.1.